The van der Waals surface area contributed by atoms with Crippen LogP contribution >= 0.6 is 0 Å². The first-order valence-corrected chi connectivity index (χ1v) is 8.90. The van der Waals surface area contributed by atoms with Crippen LogP contribution in [-0.2, 0) is 0 Å². The van der Waals surface area contributed by atoms with Crippen molar-refractivity contribution in [3.8, 4) is 0 Å². The third-order valence-corrected chi connectivity index (χ3v) is 4.46. The molecule has 2 aromatic heterocycles. The number of hydrogen-bond donors (Lipinski definition) is 2. The van der Waals surface area contributed by atoms with Crippen molar-refractivity contribution in [3.05, 3.63) is 30.2 Å². The molecule has 0 radical (unpaired) electrons. The first-order valence-electron chi connectivity index (χ1n) is 8.90. The Morgan fingerprint density at radius 3 is 2.81 bits per heavy atom. The van der Waals surface area contributed by atoms with Crippen LogP contribution in [0.15, 0.2) is 28.9 Å². The van der Waals surface area contributed by atoms with Gasteiger partial charge in [-0.2, -0.15) is 0 Å². The number of rotatable bonds is 4. The quantitative estimate of drug-likeness (QED) is 0.874. The average molecular weight is 358 g/mol. The largest absolute Gasteiger partial charge is 0.381 e. The van der Waals surface area contributed by atoms with E-state index in [0.717, 1.165) is 37.3 Å². The summed E-state index contributed by atoms with van der Waals surface area (Å²) in [5, 5.41) is 10.1. The summed E-state index contributed by atoms with van der Waals surface area (Å²) in [4.78, 5) is 20.6. The Bertz CT molecular complexity index is 728. The fourth-order valence-corrected chi connectivity index (χ4v) is 3.03. The lowest BCUT2D eigenvalue weighted by Crippen LogP contribution is -2.36. The molecule has 2 amide bonds. The Morgan fingerprint density at radius 1 is 1.31 bits per heavy atom. The monoisotopic (exact) mass is 358 g/mol. The molecule has 8 nitrogen and oxygen atoms in total. The second-order valence-corrected chi connectivity index (χ2v) is 6.81. The van der Waals surface area contributed by atoms with Crippen LogP contribution in [0.2, 0.25) is 0 Å². The summed E-state index contributed by atoms with van der Waals surface area (Å²) in [6.07, 6.45) is 4.72. The van der Waals surface area contributed by atoms with E-state index in [1.54, 1.807) is 13.0 Å². The van der Waals surface area contributed by atoms with Crippen molar-refractivity contribution in [2.45, 2.75) is 32.2 Å². The van der Waals surface area contributed by atoms with Gasteiger partial charge in [-0.15, -0.1) is 0 Å². The summed E-state index contributed by atoms with van der Waals surface area (Å²) < 4.78 is 4.98. The van der Waals surface area contributed by atoms with E-state index in [2.05, 4.69) is 20.8 Å². The van der Waals surface area contributed by atoms with Crippen molar-refractivity contribution in [1.82, 2.24) is 15.0 Å². The number of urea groups is 1. The molecule has 1 saturated heterocycles. The number of carbonyl (C=O) groups excluding carboxylic acids is 1. The first kappa shape index (κ1) is 18.0. The number of aryl methyl sites for hydroxylation is 1. The Hall–Kier alpha value is -2.77. The topological polar surface area (TPSA) is 86.5 Å². The van der Waals surface area contributed by atoms with Crippen LogP contribution in [0.3, 0.4) is 0 Å². The van der Waals surface area contributed by atoms with Gasteiger partial charge in [0.1, 0.15) is 11.6 Å². The zero-order valence-corrected chi connectivity index (χ0v) is 15.5. The molecule has 0 spiro atoms. The number of nitrogens with one attached hydrogen (secondary N) is 2. The Kier molecular flexibility index (Phi) is 5.60. The number of nitrogens with zero attached hydrogens (tertiary/aromatic N) is 4. The maximum atomic E-state index is 12.4. The fourth-order valence-electron chi connectivity index (χ4n) is 3.03. The maximum Gasteiger partial charge on any atom is 0.323 e. The van der Waals surface area contributed by atoms with Crippen LogP contribution in [0.25, 0.3) is 0 Å². The van der Waals surface area contributed by atoms with Gasteiger partial charge in [-0.1, -0.05) is 5.16 Å². The van der Waals surface area contributed by atoms with Crippen LogP contribution in [0.1, 0.15) is 25.0 Å². The van der Waals surface area contributed by atoms with E-state index in [1.165, 1.54) is 0 Å². The highest BCUT2D eigenvalue weighted by molar-refractivity contribution is 5.88. The SMILES string of the molecule is Cc1cc(NC(=O)N2CCC[C@@H](Nc3ccc(N(C)C)nc3)CC2)no1. The van der Waals surface area contributed by atoms with Crippen molar-refractivity contribution in [3.63, 3.8) is 0 Å². The molecule has 0 bridgehead atoms. The molecule has 0 unspecified atom stereocenters. The van der Waals surface area contributed by atoms with Gasteiger partial charge >= 0.3 is 6.03 Å². The molecule has 26 heavy (non-hydrogen) atoms. The van der Waals surface area contributed by atoms with Gasteiger partial charge in [-0.3, -0.25) is 5.32 Å². The lowest BCUT2D eigenvalue weighted by molar-refractivity contribution is 0.213. The second-order valence-electron chi connectivity index (χ2n) is 6.81. The molecular formula is C18H26N6O2. The number of likely N-dealkylation sites (tertiary alicyclic amines) is 1. The number of anilines is 3. The van der Waals surface area contributed by atoms with Crippen LogP contribution in [-0.4, -0.2) is 54.3 Å². The van der Waals surface area contributed by atoms with Crippen molar-refractivity contribution >= 4 is 23.4 Å². The van der Waals surface area contributed by atoms with Gasteiger partial charge in [0, 0.05) is 39.3 Å². The van der Waals surface area contributed by atoms with E-state index in [4.69, 9.17) is 4.52 Å². The van der Waals surface area contributed by atoms with E-state index in [9.17, 15) is 4.79 Å². The summed E-state index contributed by atoms with van der Waals surface area (Å²) in [6, 6.07) is 5.96. The molecule has 2 aromatic rings. The van der Waals surface area contributed by atoms with Crippen molar-refractivity contribution < 1.29 is 9.32 Å². The number of hydrogen-bond acceptors (Lipinski definition) is 6. The van der Waals surface area contributed by atoms with E-state index in [1.807, 2.05) is 42.2 Å². The predicted octanol–water partition coefficient (Wildman–Crippen LogP) is 2.94. The second kappa shape index (κ2) is 8.07. The van der Waals surface area contributed by atoms with Crippen molar-refractivity contribution in [2.24, 2.45) is 0 Å². The summed E-state index contributed by atoms with van der Waals surface area (Å²) in [5.74, 6) is 2.06. The normalized spacial score (nSPS) is 17.5. The van der Waals surface area contributed by atoms with Crippen molar-refractivity contribution in [1.29, 1.82) is 0 Å². The minimum Gasteiger partial charge on any atom is -0.381 e. The molecule has 0 aromatic carbocycles. The zero-order chi connectivity index (χ0) is 18.5. The smallest absolute Gasteiger partial charge is 0.323 e. The predicted molar refractivity (Wildman–Crippen MR) is 102 cm³/mol. The first-order chi connectivity index (χ1) is 12.5. The standard InChI is InChI=1S/C18H26N6O2/c1-13-11-16(22-26-13)21-18(25)24-9-4-5-14(8-10-24)20-15-6-7-17(19-12-15)23(2)3/h6-7,11-12,14,20H,4-5,8-10H2,1-3H3,(H,21,22,25)/t14-/m1/s1. The summed E-state index contributed by atoms with van der Waals surface area (Å²) >= 11 is 0. The summed E-state index contributed by atoms with van der Waals surface area (Å²) in [5.41, 5.74) is 1.01. The minimum absolute atomic E-state index is 0.129. The molecule has 1 aliphatic heterocycles. The highest BCUT2D eigenvalue weighted by Crippen LogP contribution is 2.19. The molecule has 1 fully saturated rings. The summed E-state index contributed by atoms with van der Waals surface area (Å²) in [6.45, 7) is 3.23. The molecular weight excluding hydrogens is 332 g/mol. The van der Waals surface area contributed by atoms with E-state index in [-0.39, 0.29) is 6.03 Å². The van der Waals surface area contributed by atoms with Gasteiger partial charge in [0.15, 0.2) is 5.82 Å². The maximum absolute atomic E-state index is 12.4. The van der Waals surface area contributed by atoms with Crippen LogP contribution < -0.4 is 15.5 Å². The third-order valence-electron chi connectivity index (χ3n) is 4.46. The van der Waals surface area contributed by atoms with Gasteiger partial charge < -0.3 is 19.6 Å². The zero-order valence-electron chi connectivity index (χ0n) is 15.5. The van der Waals surface area contributed by atoms with Gasteiger partial charge in [0.05, 0.1) is 11.9 Å². The molecule has 8 heteroatoms. The fraction of sp³-hybridized carbons (Fsp3) is 0.500. The van der Waals surface area contributed by atoms with Crippen LogP contribution in [0, 0.1) is 6.92 Å². The van der Waals surface area contributed by atoms with E-state index >= 15 is 0 Å². The highest BCUT2D eigenvalue weighted by atomic mass is 16.5. The number of pyridine rings is 1. The molecule has 0 saturated carbocycles. The minimum atomic E-state index is -0.129. The molecule has 3 rings (SSSR count). The molecule has 140 valence electrons. The van der Waals surface area contributed by atoms with Crippen LogP contribution in [0.4, 0.5) is 22.1 Å². The molecule has 3 heterocycles. The molecule has 1 atom stereocenters. The average Bonchev–Trinajstić information content (AvgIpc) is 2.88. The Balaban J connectivity index is 1.52. The van der Waals surface area contributed by atoms with Gasteiger partial charge in [0.2, 0.25) is 0 Å². The van der Waals surface area contributed by atoms with Crippen molar-refractivity contribution in [2.75, 3.05) is 42.7 Å². The lowest BCUT2D eigenvalue weighted by Gasteiger charge is -2.21. The molecule has 2 N–H and O–H groups in total. The van der Waals surface area contributed by atoms with E-state index < -0.39 is 0 Å². The van der Waals surface area contributed by atoms with Gasteiger partial charge in [-0.05, 0) is 38.3 Å². The number of aromatic nitrogens is 2. The van der Waals surface area contributed by atoms with Crippen LogP contribution in [0.5, 0.6) is 0 Å². The molecule has 0 aliphatic carbocycles. The lowest BCUT2D eigenvalue weighted by atomic mass is 10.1. The molecule has 1 aliphatic rings. The van der Waals surface area contributed by atoms with E-state index in [0.29, 0.717) is 24.2 Å². The Labute approximate surface area is 153 Å². The number of amides is 2. The third kappa shape index (κ3) is 4.65. The summed E-state index contributed by atoms with van der Waals surface area (Å²) in [7, 11) is 3.95. The number of carbonyl (C=O) groups is 1. The van der Waals surface area contributed by atoms with Gasteiger partial charge in [-0.25, -0.2) is 9.78 Å². The van der Waals surface area contributed by atoms with Gasteiger partial charge in [0.25, 0.3) is 0 Å². The Morgan fingerprint density at radius 2 is 2.15 bits per heavy atom. The highest BCUT2D eigenvalue weighted by Gasteiger charge is 2.21.